The second-order valence-corrected chi connectivity index (χ2v) is 39.9. The Labute approximate surface area is 843 Å². The van der Waals surface area contributed by atoms with E-state index in [2.05, 4.69) is 100 Å². The molecule has 0 saturated carbocycles. The highest BCUT2D eigenvalue weighted by atomic mass is 32.2. The first-order valence-corrected chi connectivity index (χ1v) is 51.4. The summed E-state index contributed by atoms with van der Waals surface area (Å²) in [5.41, 5.74) is 6.46. The minimum absolute atomic E-state index is 0.0648. The normalized spacial score (nSPS) is 22.5. The number of amides is 16. The third-order valence-electron chi connectivity index (χ3n) is 23.4. The molecule has 49 heteroatoms. The number of para-hydroxylation sites is 2. The van der Waals surface area contributed by atoms with E-state index in [9.17, 15) is 121 Å². The number of H-pyrrole nitrogens is 2. The van der Waals surface area contributed by atoms with Crippen LogP contribution in [0, 0.1) is 11.8 Å². The first kappa shape index (κ1) is 119. The van der Waals surface area contributed by atoms with Crippen molar-refractivity contribution in [3.05, 3.63) is 108 Å². The minimum atomic E-state index is -1.78. The number of carboxylic acids is 3. The first-order valence-electron chi connectivity index (χ1n) is 46.1. The lowest BCUT2D eigenvalue weighted by atomic mass is 9.88. The van der Waals surface area contributed by atoms with E-state index in [1.807, 2.05) is 100 Å². The topological polar surface area (TPSA) is 698 Å². The number of aromatic nitrogens is 2. The predicted molar refractivity (Wildman–Crippen MR) is 536 cm³/mol. The molecule has 143 heavy (non-hydrogen) atoms. The molecule has 0 spiro atoms. The summed E-state index contributed by atoms with van der Waals surface area (Å²) >= 11 is 4.74. The van der Waals surface area contributed by atoms with Gasteiger partial charge in [0.15, 0.2) is 23.4 Å². The molecule has 0 bridgehead atoms. The highest BCUT2D eigenvalue weighted by molar-refractivity contribution is 7.99. The summed E-state index contributed by atoms with van der Waals surface area (Å²) in [6.07, 6.45) is 6.79. The lowest BCUT2D eigenvalue weighted by Gasteiger charge is -2.32. The lowest BCUT2D eigenvalue weighted by molar-refractivity contribution is -0.141. The zero-order valence-electron chi connectivity index (χ0n) is 82.0. The largest absolute Gasteiger partial charge is 0.481 e. The van der Waals surface area contributed by atoms with E-state index >= 15 is 0 Å². The Morgan fingerprint density at radius 3 is 1.53 bits per heavy atom. The Morgan fingerprint density at radius 2 is 0.993 bits per heavy atom. The average Bonchev–Trinajstić information content (AvgIpc) is 1.80. The smallest absolute Gasteiger partial charge is 0.327 e. The van der Waals surface area contributed by atoms with Crippen LogP contribution in [0.4, 0.5) is 0 Å². The van der Waals surface area contributed by atoms with Gasteiger partial charge in [0.05, 0.1) is 36.1 Å². The quantitative estimate of drug-likeness (QED) is 0.0191. The predicted octanol–water partition coefficient (Wildman–Crippen LogP) is -1.93. The summed E-state index contributed by atoms with van der Waals surface area (Å²) in [5.74, 6) is -17.6. The van der Waals surface area contributed by atoms with Crippen molar-refractivity contribution >= 4 is 199 Å². The lowest BCUT2D eigenvalue weighted by Crippen LogP contribution is -2.63. The van der Waals surface area contributed by atoms with Gasteiger partial charge in [-0.2, -0.15) is 47.0 Å². The van der Waals surface area contributed by atoms with E-state index < -0.39 is 258 Å². The molecule has 3 aliphatic rings. The molecule has 3 saturated heterocycles. The number of nitrogens with two attached hydrogens (primary N) is 1. The molecular formula is C94H132N20O25S4. The highest BCUT2D eigenvalue weighted by Gasteiger charge is 2.45. The molecule has 3 aliphatic heterocycles. The van der Waals surface area contributed by atoms with Crippen LogP contribution in [0.1, 0.15) is 137 Å². The maximum Gasteiger partial charge on any atom is 0.327 e. The third kappa shape index (κ3) is 37.7. The number of benzene rings is 3. The molecule has 0 radical (unpaired) electrons. The van der Waals surface area contributed by atoms with Gasteiger partial charge >= 0.3 is 17.9 Å². The number of nitrogens with one attached hydrogen (secondary N) is 19. The molecule has 16 amide bonds. The number of carboxylic acid groups (broad SMARTS) is 3. The maximum absolute atomic E-state index is 14.3. The molecule has 0 unspecified atom stereocenters. The number of ketones is 3. The van der Waals surface area contributed by atoms with E-state index in [-0.39, 0.29) is 85.0 Å². The van der Waals surface area contributed by atoms with Crippen LogP contribution < -0.4 is 96.1 Å². The van der Waals surface area contributed by atoms with E-state index in [4.69, 9.17) is 5.73 Å². The standard InChI is InChI=1S/C45H62N10O13S2.C27H43N5O6S2.C22H27N5O6/c1-22(2)15-29-39(63)50-30(16-25-18-46-27-10-8-7-9-26(25)27)40(64)49-28(11-12-36(60)61)38(62)53-33(21-70-14-13-34(58)48-29)43(67)52-32(20-69-6)42(66)51-31-17-45(5,24(4)57)55-35(59)19-47-44(68)37(23(3)56)54-41(31)65;1-16(2)12-19(28-4)24(34)30-20(13-18-10-8-7-9-11-18)25(35)29-17(3)23(33)31-21(14-39-5)26(36)32-22(15-40-6)27(37)38;1-11(28)22(2)9-14(23)19(31)25-17(8-18(29)30)20(32)26-16(21(33)27-22)7-12-10-24-15-6-4-3-5-13(12)15/h7-10,18,22,28-33,37,46H,11-17,19-21H2,1-6H3,(H,47,68)(H,48,58)(H,49,64)(H,50,63)(H,51,66)(H,52,67)(H,53,62)(H,54,65)(H,55,59)(H,60,61);7-11,16-17,19-22,28H,12-15H2,1-6H3,(H,29,35)(H,30,34)(H,31,33)(H,32,36)(H,37,38);3-6,10,14,16-17,24H,7-9,23H2,1-2H3,(H,25,31)(H,26,32)(H,27,33)(H,29,30)/t28-,29-,30-,31-,32+,33-,37-,45-;17-,19-,20-,21-,22-;14-,16-,17-,22-/m000/s1. The third-order valence-corrected chi connectivity index (χ3v) is 26.4. The van der Waals surface area contributed by atoms with Crippen LogP contribution in [-0.2, 0) is 125 Å². The summed E-state index contributed by atoms with van der Waals surface area (Å²) < 4.78 is 0. The van der Waals surface area contributed by atoms with Gasteiger partial charge in [0.25, 0.3) is 5.91 Å². The molecule has 8 rings (SSSR count). The van der Waals surface area contributed by atoms with E-state index in [1.165, 1.54) is 51.2 Å². The van der Waals surface area contributed by atoms with Gasteiger partial charge < -0.3 is 121 Å². The molecule has 3 aromatic carbocycles. The highest BCUT2D eigenvalue weighted by Crippen LogP contribution is 2.25. The van der Waals surface area contributed by atoms with Crippen LogP contribution in [-0.4, -0.2) is 318 Å². The van der Waals surface area contributed by atoms with E-state index in [0.29, 0.717) is 12.0 Å². The van der Waals surface area contributed by atoms with Crippen molar-refractivity contribution in [2.24, 2.45) is 17.6 Å². The van der Waals surface area contributed by atoms with Crippen LogP contribution in [0.25, 0.3) is 21.8 Å². The van der Waals surface area contributed by atoms with Gasteiger partial charge in [-0.15, -0.1) is 0 Å². The number of Topliss-reactive ketones (excluding diaryl/α,β-unsaturated/α-hetero) is 3. The zero-order valence-corrected chi connectivity index (χ0v) is 85.3. The second kappa shape index (κ2) is 57.3. The summed E-state index contributed by atoms with van der Waals surface area (Å²) in [6.45, 7) is 14.7. The molecule has 17 atom stereocenters. The van der Waals surface area contributed by atoms with E-state index in [0.717, 1.165) is 70.3 Å². The number of thioether (sulfide) groups is 4. The number of likely N-dealkylation sites (N-methyl/N-ethyl adjacent to an activating group) is 1. The number of hydrogen-bond acceptors (Lipinski definition) is 28. The summed E-state index contributed by atoms with van der Waals surface area (Å²) in [4.78, 5) is 292. The average molecular weight is 2070 g/mol. The number of rotatable bonds is 38. The van der Waals surface area contributed by atoms with Crippen molar-refractivity contribution in [2.45, 2.75) is 242 Å². The molecule has 2 aromatic heterocycles. The van der Waals surface area contributed by atoms with Crippen molar-refractivity contribution < 1.29 is 121 Å². The summed E-state index contributed by atoms with van der Waals surface area (Å²) in [5, 5.41) is 73.4. The molecule has 5 heterocycles. The number of aliphatic carboxylic acids is 3. The Balaban J connectivity index is 0.000000361. The van der Waals surface area contributed by atoms with Gasteiger partial charge in [0, 0.05) is 108 Å². The summed E-state index contributed by atoms with van der Waals surface area (Å²) in [7, 11) is 1.69. The Bertz CT molecular complexity index is 5410. The zero-order chi connectivity index (χ0) is 106. The maximum atomic E-state index is 14.3. The van der Waals surface area contributed by atoms with Crippen LogP contribution in [0.15, 0.2) is 91.3 Å². The fourth-order valence-electron chi connectivity index (χ4n) is 15.2. The molecular weight excluding hydrogens is 1940 g/mol. The number of aromatic amines is 2. The molecule has 5 aromatic rings. The molecule has 24 N–H and O–H groups in total. The summed E-state index contributed by atoms with van der Waals surface area (Å²) in [6, 6.07) is 5.08. The van der Waals surface area contributed by atoms with Crippen LogP contribution in [0.2, 0.25) is 0 Å². The Hall–Kier alpha value is -13.0. The molecule has 0 aliphatic carbocycles. The van der Waals surface area contributed by atoms with E-state index in [1.54, 1.807) is 44.3 Å². The van der Waals surface area contributed by atoms with Gasteiger partial charge in [-0.1, -0.05) is 94.4 Å². The number of carbonyl (C=O) groups excluding carboxylic acids is 19. The first-order chi connectivity index (χ1) is 67.4. The van der Waals surface area contributed by atoms with Crippen LogP contribution in [0.5, 0.6) is 0 Å². The van der Waals surface area contributed by atoms with Gasteiger partial charge in [0.1, 0.15) is 72.5 Å². The molecule has 45 nitrogen and oxygen atoms in total. The number of hydrogen-bond donors (Lipinski definition) is 23. The van der Waals surface area contributed by atoms with Crippen molar-refractivity contribution in [3.63, 3.8) is 0 Å². The Morgan fingerprint density at radius 1 is 0.497 bits per heavy atom. The molecule has 782 valence electrons. The van der Waals surface area contributed by atoms with Crippen LogP contribution >= 0.6 is 47.0 Å². The van der Waals surface area contributed by atoms with Crippen molar-refractivity contribution in [1.29, 1.82) is 0 Å². The van der Waals surface area contributed by atoms with Gasteiger partial charge in [-0.25, -0.2) is 4.79 Å². The fraction of sp³-hybridized carbons (Fsp3) is 0.532. The van der Waals surface area contributed by atoms with Crippen LogP contribution in [0.3, 0.4) is 0 Å². The molecule has 3 fully saturated rings. The number of fused-ring (bicyclic) bond motifs is 2. The van der Waals surface area contributed by atoms with Crippen molar-refractivity contribution in [1.82, 2.24) is 100 Å². The second-order valence-electron chi connectivity index (χ2n) is 36.0. The van der Waals surface area contributed by atoms with Gasteiger partial charge in [0.2, 0.25) is 88.6 Å². The van der Waals surface area contributed by atoms with Gasteiger partial charge in [-0.3, -0.25) is 101 Å². The van der Waals surface area contributed by atoms with Crippen molar-refractivity contribution in [2.75, 3.05) is 61.1 Å². The Kier molecular flexibility index (Phi) is 47.6. The monoisotopic (exact) mass is 2070 g/mol. The minimum Gasteiger partial charge on any atom is -0.481 e. The fourth-order valence-corrected chi connectivity index (χ4v) is 17.9. The number of carbonyl (C=O) groups is 22. The van der Waals surface area contributed by atoms with Gasteiger partial charge in [-0.05, 0) is 127 Å². The van der Waals surface area contributed by atoms with Crippen molar-refractivity contribution in [3.8, 4) is 0 Å². The SMILES string of the molecule is CC(=O)[C@]1(C)C[C@H](N)C(=O)N[C@@H](CC(=O)O)C(=O)N[C@@H](Cc2c[nH]c3ccccc23)C(=O)N1.CN[C@@H](CC(C)C)C(=O)N[C@@H](Cc1ccccc1)C(=O)N[C@@H](C)C(=O)N[C@@H](CSC)C(=O)N[C@@H](CSC)C(=O)O.CSC[C@@H](NC(=O)[C@@H]1CSCCC(=O)N[C@@H](CC(C)C)C(=O)N[C@@H](Cc2c[nH]c3ccccc23)C(=O)N[C@@H](CCC(=O)O)C(=O)N1)C(=O)N[C@H]1C[C@@](C)(C(C)=O)NC(=O)CNC(=O)[C@H](C(C)=O)NC1=O.